The van der Waals surface area contributed by atoms with Gasteiger partial charge in [0.1, 0.15) is 16.8 Å². The van der Waals surface area contributed by atoms with Crippen LogP contribution in [0.3, 0.4) is 0 Å². The minimum atomic E-state index is -0.162. The standard InChI is InChI=1S/C15H14BrN3OS/c1-8-9(2)21-15(12(8)6-17)18-14(20)13-5-10(16)7-19(13)11-3-4-11/h5,7,11H,3-4H2,1-2H3,(H,18,20). The van der Waals surface area contributed by atoms with Gasteiger partial charge >= 0.3 is 0 Å². The van der Waals surface area contributed by atoms with Crippen LogP contribution in [0.25, 0.3) is 0 Å². The van der Waals surface area contributed by atoms with Crippen LogP contribution >= 0.6 is 27.3 Å². The number of amides is 1. The Morgan fingerprint density at radius 2 is 2.24 bits per heavy atom. The molecular formula is C15H14BrN3OS. The van der Waals surface area contributed by atoms with E-state index in [2.05, 4.69) is 27.3 Å². The molecule has 2 aromatic rings. The maximum Gasteiger partial charge on any atom is 0.272 e. The second-order valence-electron chi connectivity index (χ2n) is 5.24. The number of carbonyl (C=O) groups excluding carboxylic acids is 1. The molecule has 0 spiro atoms. The summed E-state index contributed by atoms with van der Waals surface area (Å²) in [5.74, 6) is -0.162. The van der Waals surface area contributed by atoms with Crippen LogP contribution in [0.2, 0.25) is 0 Å². The van der Waals surface area contributed by atoms with Crippen molar-refractivity contribution in [3.63, 3.8) is 0 Å². The lowest BCUT2D eigenvalue weighted by atomic mass is 10.2. The van der Waals surface area contributed by atoms with E-state index in [1.807, 2.05) is 30.7 Å². The minimum Gasteiger partial charge on any atom is -0.339 e. The molecule has 1 amide bonds. The second-order valence-corrected chi connectivity index (χ2v) is 7.38. The first-order valence-corrected chi connectivity index (χ1v) is 8.31. The van der Waals surface area contributed by atoms with Crippen molar-refractivity contribution in [1.29, 1.82) is 5.26 Å². The lowest BCUT2D eigenvalue weighted by Gasteiger charge is -2.07. The topological polar surface area (TPSA) is 57.8 Å². The number of thiophene rings is 1. The van der Waals surface area contributed by atoms with E-state index < -0.39 is 0 Å². The zero-order chi connectivity index (χ0) is 15.1. The SMILES string of the molecule is Cc1sc(NC(=O)c2cc(Br)cn2C2CC2)c(C#N)c1C. The van der Waals surface area contributed by atoms with Crippen LogP contribution < -0.4 is 5.32 Å². The number of nitriles is 1. The molecule has 3 rings (SSSR count). The summed E-state index contributed by atoms with van der Waals surface area (Å²) in [6.07, 6.45) is 4.17. The van der Waals surface area contributed by atoms with E-state index in [1.54, 1.807) is 0 Å². The van der Waals surface area contributed by atoms with Crippen LogP contribution in [0, 0.1) is 25.2 Å². The van der Waals surface area contributed by atoms with Crippen molar-refractivity contribution in [2.45, 2.75) is 32.7 Å². The maximum absolute atomic E-state index is 12.5. The number of aromatic nitrogens is 1. The normalized spacial score (nSPS) is 14.0. The van der Waals surface area contributed by atoms with Gasteiger partial charge in [0.15, 0.2) is 0 Å². The zero-order valence-corrected chi connectivity index (χ0v) is 14.1. The number of carbonyl (C=O) groups is 1. The van der Waals surface area contributed by atoms with Gasteiger partial charge in [0.25, 0.3) is 5.91 Å². The van der Waals surface area contributed by atoms with Gasteiger partial charge in [-0.05, 0) is 54.2 Å². The number of aryl methyl sites for hydroxylation is 1. The van der Waals surface area contributed by atoms with Crippen LogP contribution in [0.15, 0.2) is 16.7 Å². The maximum atomic E-state index is 12.5. The summed E-state index contributed by atoms with van der Waals surface area (Å²) in [6, 6.07) is 4.43. The van der Waals surface area contributed by atoms with Crippen LogP contribution in [0.1, 0.15) is 45.4 Å². The average molecular weight is 364 g/mol. The third kappa shape index (κ3) is 2.63. The summed E-state index contributed by atoms with van der Waals surface area (Å²) in [6.45, 7) is 3.86. The van der Waals surface area contributed by atoms with Crippen LogP contribution in [-0.2, 0) is 0 Å². The van der Waals surface area contributed by atoms with E-state index in [4.69, 9.17) is 0 Å². The van der Waals surface area contributed by atoms with Crippen molar-refractivity contribution in [1.82, 2.24) is 4.57 Å². The summed E-state index contributed by atoms with van der Waals surface area (Å²) >= 11 is 4.88. The van der Waals surface area contributed by atoms with E-state index in [-0.39, 0.29) is 5.91 Å². The third-order valence-electron chi connectivity index (χ3n) is 3.71. The van der Waals surface area contributed by atoms with Crippen molar-refractivity contribution in [2.24, 2.45) is 0 Å². The molecule has 1 N–H and O–H groups in total. The van der Waals surface area contributed by atoms with Gasteiger partial charge in [0, 0.05) is 21.6 Å². The van der Waals surface area contributed by atoms with Gasteiger partial charge < -0.3 is 9.88 Å². The van der Waals surface area contributed by atoms with Crippen molar-refractivity contribution in [2.75, 3.05) is 5.32 Å². The molecule has 0 unspecified atom stereocenters. The van der Waals surface area contributed by atoms with Gasteiger partial charge in [-0.3, -0.25) is 4.79 Å². The molecule has 1 aliphatic rings. The van der Waals surface area contributed by atoms with Crippen molar-refractivity contribution in [3.05, 3.63) is 38.4 Å². The second kappa shape index (κ2) is 5.32. The molecule has 2 heterocycles. The molecule has 1 saturated carbocycles. The first-order valence-electron chi connectivity index (χ1n) is 6.70. The molecule has 2 aromatic heterocycles. The molecular weight excluding hydrogens is 350 g/mol. The van der Waals surface area contributed by atoms with Gasteiger partial charge in [0.05, 0.1) is 5.56 Å². The molecule has 1 aliphatic carbocycles. The largest absolute Gasteiger partial charge is 0.339 e. The highest BCUT2D eigenvalue weighted by atomic mass is 79.9. The highest BCUT2D eigenvalue weighted by Crippen LogP contribution is 2.38. The summed E-state index contributed by atoms with van der Waals surface area (Å²) in [5, 5.41) is 12.8. The van der Waals surface area contributed by atoms with Gasteiger partial charge in [0.2, 0.25) is 0 Å². The number of halogens is 1. The fraction of sp³-hybridized carbons (Fsp3) is 0.333. The van der Waals surface area contributed by atoms with Gasteiger partial charge in [-0.25, -0.2) is 0 Å². The number of hydrogen-bond donors (Lipinski definition) is 1. The average Bonchev–Trinajstić information content (AvgIpc) is 3.15. The van der Waals surface area contributed by atoms with Gasteiger partial charge in [-0.1, -0.05) is 0 Å². The Kier molecular flexibility index (Phi) is 3.64. The van der Waals surface area contributed by atoms with E-state index in [0.29, 0.717) is 22.3 Å². The van der Waals surface area contributed by atoms with Crippen LogP contribution in [0.4, 0.5) is 5.00 Å². The molecule has 4 nitrogen and oxygen atoms in total. The number of hydrogen-bond acceptors (Lipinski definition) is 3. The Bertz CT molecular complexity index is 765. The van der Waals surface area contributed by atoms with E-state index in [9.17, 15) is 10.1 Å². The van der Waals surface area contributed by atoms with Crippen molar-refractivity contribution >= 4 is 38.2 Å². The molecule has 0 aromatic carbocycles. The fourth-order valence-corrected chi connectivity index (χ4v) is 3.74. The molecule has 0 aliphatic heterocycles. The number of anilines is 1. The Hall–Kier alpha value is -1.58. The highest BCUT2D eigenvalue weighted by Gasteiger charge is 2.28. The van der Waals surface area contributed by atoms with Gasteiger partial charge in [-0.2, -0.15) is 5.26 Å². The third-order valence-corrected chi connectivity index (χ3v) is 5.27. The number of nitrogens with one attached hydrogen (secondary N) is 1. The van der Waals surface area contributed by atoms with Crippen molar-refractivity contribution in [3.8, 4) is 6.07 Å². The Morgan fingerprint density at radius 3 is 2.86 bits per heavy atom. The lowest BCUT2D eigenvalue weighted by molar-refractivity contribution is 0.101. The molecule has 0 bridgehead atoms. The summed E-state index contributed by atoms with van der Waals surface area (Å²) in [5.41, 5.74) is 2.14. The highest BCUT2D eigenvalue weighted by molar-refractivity contribution is 9.10. The predicted octanol–water partition coefficient (Wildman–Crippen LogP) is 4.39. The quantitative estimate of drug-likeness (QED) is 0.878. The minimum absolute atomic E-state index is 0.162. The van der Waals surface area contributed by atoms with Gasteiger partial charge in [-0.15, -0.1) is 11.3 Å². The van der Waals surface area contributed by atoms with E-state index in [1.165, 1.54) is 11.3 Å². The summed E-state index contributed by atoms with van der Waals surface area (Å²) in [4.78, 5) is 13.6. The lowest BCUT2D eigenvalue weighted by Crippen LogP contribution is -2.16. The molecule has 0 atom stereocenters. The Balaban J connectivity index is 1.91. The van der Waals surface area contributed by atoms with E-state index >= 15 is 0 Å². The summed E-state index contributed by atoms with van der Waals surface area (Å²) in [7, 11) is 0. The molecule has 0 saturated heterocycles. The number of nitrogens with zero attached hydrogens (tertiary/aromatic N) is 2. The molecule has 21 heavy (non-hydrogen) atoms. The zero-order valence-electron chi connectivity index (χ0n) is 11.7. The van der Waals surface area contributed by atoms with Crippen LogP contribution in [0.5, 0.6) is 0 Å². The van der Waals surface area contributed by atoms with Crippen LogP contribution in [-0.4, -0.2) is 10.5 Å². The molecule has 6 heteroatoms. The number of rotatable bonds is 3. The molecule has 108 valence electrons. The monoisotopic (exact) mass is 363 g/mol. The Labute approximate surface area is 135 Å². The molecule has 0 radical (unpaired) electrons. The Morgan fingerprint density at radius 1 is 1.52 bits per heavy atom. The van der Waals surface area contributed by atoms with E-state index in [0.717, 1.165) is 27.8 Å². The smallest absolute Gasteiger partial charge is 0.272 e. The molecule has 1 fully saturated rings. The predicted molar refractivity (Wildman–Crippen MR) is 86.9 cm³/mol. The summed E-state index contributed by atoms with van der Waals surface area (Å²) < 4.78 is 2.91. The first kappa shape index (κ1) is 14.4. The van der Waals surface area contributed by atoms with Crippen molar-refractivity contribution < 1.29 is 4.79 Å². The fourth-order valence-electron chi connectivity index (χ4n) is 2.30. The first-order chi connectivity index (χ1) is 10.0.